The van der Waals surface area contributed by atoms with Crippen LogP contribution in [0.15, 0.2) is 48.5 Å². The van der Waals surface area contributed by atoms with Crippen LogP contribution in [0.2, 0.25) is 5.02 Å². The maximum atomic E-state index is 14.8. The summed E-state index contributed by atoms with van der Waals surface area (Å²) in [5.41, 5.74) is 4.17. The number of cyclic esters (lactones) is 1. The number of likely N-dealkylation sites (N-methyl/N-ethyl adjacent to an activating group) is 1. The smallest absolute Gasteiger partial charge is 0.412 e. The highest BCUT2D eigenvalue weighted by Crippen LogP contribution is 2.38. The lowest BCUT2D eigenvalue weighted by molar-refractivity contribution is -0.132. The summed E-state index contributed by atoms with van der Waals surface area (Å²) in [7, 11) is 3.54. The van der Waals surface area contributed by atoms with E-state index in [1.165, 1.54) is 6.07 Å². The zero-order valence-corrected chi connectivity index (χ0v) is 24.3. The Balaban J connectivity index is 1.33. The Kier molecular flexibility index (Phi) is 8.91. The van der Waals surface area contributed by atoms with Gasteiger partial charge in [0.2, 0.25) is 11.8 Å². The van der Waals surface area contributed by atoms with Crippen LogP contribution in [0.1, 0.15) is 61.8 Å². The number of aromatic nitrogens is 1. The van der Waals surface area contributed by atoms with Gasteiger partial charge in [-0.2, -0.15) is 0 Å². The van der Waals surface area contributed by atoms with Gasteiger partial charge in [-0.05, 0) is 68.1 Å². The first kappa shape index (κ1) is 29.3. The number of hydrogen-bond donors (Lipinski definition) is 3. The average molecular weight is 594 g/mol. The second kappa shape index (κ2) is 12.8. The van der Waals surface area contributed by atoms with Crippen molar-refractivity contribution in [2.24, 2.45) is 0 Å². The standard InChI is InChI=1S/C31H33ClFN5O4/c1-34-18-12-13-19-22-8-5-9-23(35-22)20(7-3-4-11-27(39)36-25(19)17-18)30(40)38(2)16-6-10-26-28-24(37-31(41)42-26)15-14-21(32)29(28)33/h5,8-9,12-15,17,20,26,34H,3-4,6-7,10-11,16H2,1-2H3,(H,36,39)(H,37,41). The molecule has 2 atom stereocenters. The largest absolute Gasteiger partial charge is 0.441 e. The summed E-state index contributed by atoms with van der Waals surface area (Å²) in [4.78, 5) is 45.0. The molecule has 2 aliphatic rings. The van der Waals surface area contributed by atoms with Crippen molar-refractivity contribution < 1.29 is 23.5 Å². The number of nitrogens with one attached hydrogen (secondary N) is 3. The quantitative estimate of drug-likeness (QED) is 0.292. The minimum atomic E-state index is -0.815. The van der Waals surface area contributed by atoms with Crippen molar-refractivity contribution in [1.82, 2.24) is 9.88 Å². The number of carbonyl (C=O) groups excluding carboxylic acids is 3. The van der Waals surface area contributed by atoms with Crippen LogP contribution >= 0.6 is 11.6 Å². The molecule has 3 N–H and O–H groups in total. The third-order valence-corrected chi connectivity index (χ3v) is 8.00. The molecule has 220 valence electrons. The fraction of sp³-hybridized carbons (Fsp3) is 0.355. The van der Waals surface area contributed by atoms with Crippen molar-refractivity contribution >= 4 is 46.6 Å². The van der Waals surface area contributed by atoms with E-state index in [9.17, 15) is 18.8 Å². The molecule has 1 aromatic heterocycles. The van der Waals surface area contributed by atoms with Crippen molar-refractivity contribution in [1.29, 1.82) is 0 Å². The number of halogens is 2. The monoisotopic (exact) mass is 593 g/mol. The third kappa shape index (κ3) is 6.33. The van der Waals surface area contributed by atoms with E-state index in [1.807, 2.05) is 43.4 Å². The minimum absolute atomic E-state index is 0.0504. The highest BCUT2D eigenvalue weighted by atomic mass is 35.5. The number of fused-ring (bicyclic) bond motifs is 5. The highest BCUT2D eigenvalue weighted by Gasteiger charge is 2.31. The molecular formula is C31H33ClFN5O4. The third-order valence-electron chi connectivity index (χ3n) is 7.71. The fourth-order valence-corrected chi connectivity index (χ4v) is 5.64. The van der Waals surface area contributed by atoms with Gasteiger partial charge >= 0.3 is 6.09 Å². The zero-order valence-electron chi connectivity index (χ0n) is 23.5. The van der Waals surface area contributed by atoms with E-state index in [0.717, 1.165) is 11.3 Å². The molecular weight excluding hydrogens is 561 g/mol. The Bertz CT molecular complexity index is 1520. The predicted octanol–water partition coefficient (Wildman–Crippen LogP) is 6.72. The SMILES string of the molecule is CNc1ccc2c(c1)NC(=O)CCCCC(C(=O)N(C)CCCC1OC(=O)Nc3ccc(Cl)c(F)c31)c1cccc-2n1. The second-order valence-electron chi connectivity index (χ2n) is 10.5. The molecule has 2 aromatic carbocycles. The van der Waals surface area contributed by atoms with Gasteiger partial charge in [0.05, 0.1) is 39.3 Å². The number of carbonyl (C=O) groups is 3. The van der Waals surface area contributed by atoms with Gasteiger partial charge in [0.15, 0.2) is 5.82 Å². The molecule has 0 aliphatic carbocycles. The Hall–Kier alpha value is -4.18. The van der Waals surface area contributed by atoms with E-state index in [-0.39, 0.29) is 22.4 Å². The van der Waals surface area contributed by atoms with Crippen LogP contribution in [0.3, 0.4) is 0 Å². The summed E-state index contributed by atoms with van der Waals surface area (Å²) < 4.78 is 20.2. The van der Waals surface area contributed by atoms with Gasteiger partial charge in [0.25, 0.3) is 0 Å². The van der Waals surface area contributed by atoms with Crippen LogP contribution in [0.25, 0.3) is 11.3 Å². The fourth-order valence-electron chi connectivity index (χ4n) is 5.48. The van der Waals surface area contributed by atoms with Crippen LogP contribution in [0.5, 0.6) is 0 Å². The Labute approximate surface area is 248 Å². The summed E-state index contributed by atoms with van der Waals surface area (Å²) in [5.74, 6) is -1.30. The second-order valence-corrected chi connectivity index (χ2v) is 11.0. The molecule has 3 aromatic rings. The molecule has 2 bridgehead atoms. The molecule has 42 heavy (non-hydrogen) atoms. The maximum absolute atomic E-state index is 14.8. The number of ether oxygens (including phenoxy) is 1. The molecule has 0 fully saturated rings. The van der Waals surface area contributed by atoms with Crippen molar-refractivity contribution in [2.45, 2.75) is 50.5 Å². The molecule has 0 spiro atoms. The van der Waals surface area contributed by atoms with Crippen molar-refractivity contribution in [2.75, 3.05) is 36.6 Å². The van der Waals surface area contributed by atoms with Crippen molar-refractivity contribution in [3.8, 4) is 11.3 Å². The van der Waals surface area contributed by atoms with Crippen molar-refractivity contribution in [3.05, 3.63) is 70.6 Å². The number of amides is 3. The van der Waals surface area contributed by atoms with Gasteiger partial charge in [-0.25, -0.2) is 9.18 Å². The average Bonchev–Trinajstić information content (AvgIpc) is 2.98. The molecule has 5 rings (SSSR count). The van der Waals surface area contributed by atoms with E-state index < -0.39 is 23.9 Å². The van der Waals surface area contributed by atoms with Crippen LogP contribution < -0.4 is 16.0 Å². The zero-order chi connectivity index (χ0) is 29.8. The van der Waals surface area contributed by atoms with Crippen molar-refractivity contribution in [3.63, 3.8) is 0 Å². The number of pyridine rings is 1. The lowest BCUT2D eigenvalue weighted by Gasteiger charge is -2.28. The van der Waals surface area contributed by atoms with Gasteiger partial charge in [-0.3, -0.25) is 19.9 Å². The summed E-state index contributed by atoms with van der Waals surface area (Å²) in [6.07, 6.45) is 1.51. The summed E-state index contributed by atoms with van der Waals surface area (Å²) >= 11 is 5.98. The van der Waals surface area contributed by atoms with E-state index >= 15 is 0 Å². The molecule has 0 saturated heterocycles. The van der Waals surface area contributed by atoms with Crippen LogP contribution in [-0.4, -0.2) is 48.4 Å². The van der Waals surface area contributed by atoms with Gasteiger partial charge in [0, 0.05) is 38.3 Å². The maximum Gasteiger partial charge on any atom is 0.412 e. The molecule has 3 amide bonds. The van der Waals surface area contributed by atoms with Gasteiger partial charge < -0.3 is 20.3 Å². The van der Waals surface area contributed by atoms with E-state index in [4.69, 9.17) is 21.3 Å². The summed E-state index contributed by atoms with van der Waals surface area (Å²) in [5, 5.41) is 8.57. The first-order chi connectivity index (χ1) is 20.2. The number of benzene rings is 2. The number of rotatable bonds is 6. The van der Waals surface area contributed by atoms with Gasteiger partial charge in [-0.15, -0.1) is 0 Å². The Morgan fingerprint density at radius 3 is 2.79 bits per heavy atom. The summed E-state index contributed by atoms with van der Waals surface area (Å²) in [6, 6.07) is 14.3. The van der Waals surface area contributed by atoms with Crippen LogP contribution in [0.4, 0.5) is 26.2 Å². The number of anilines is 3. The predicted molar refractivity (Wildman–Crippen MR) is 160 cm³/mol. The first-order valence-corrected chi connectivity index (χ1v) is 14.4. The first-order valence-electron chi connectivity index (χ1n) is 14.0. The van der Waals surface area contributed by atoms with E-state index in [2.05, 4.69) is 16.0 Å². The Morgan fingerprint density at radius 1 is 1.14 bits per heavy atom. The molecule has 9 nitrogen and oxygen atoms in total. The molecule has 2 unspecified atom stereocenters. The lowest BCUT2D eigenvalue weighted by Crippen LogP contribution is -2.33. The number of nitrogens with zero attached hydrogens (tertiary/aromatic N) is 2. The molecule has 0 saturated carbocycles. The number of hydrogen-bond acceptors (Lipinski definition) is 6. The van der Waals surface area contributed by atoms with Crippen LogP contribution in [0, 0.1) is 5.82 Å². The molecule has 11 heteroatoms. The molecule has 3 heterocycles. The van der Waals surface area contributed by atoms with E-state index in [0.29, 0.717) is 67.8 Å². The van der Waals surface area contributed by atoms with E-state index in [1.54, 1.807) is 18.0 Å². The lowest BCUT2D eigenvalue weighted by atomic mass is 9.94. The molecule has 0 radical (unpaired) electrons. The minimum Gasteiger partial charge on any atom is -0.441 e. The highest BCUT2D eigenvalue weighted by molar-refractivity contribution is 6.31. The van der Waals surface area contributed by atoms with Gasteiger partial charge in [0.1, 0.15) is 6.10 Å². The normalized spacial score (nSPS) is 18.2. The summed E-state index contributed by atoms with van der Waals surface area (Å²) in [6.45, 7) is 0.367. The van der Waals surface area contributed by atoms with Gasteiger partial charge in [-0.1, -0.05) is 24.1 Å². The van der Waals surface area contributed by atoms with Crippen LogP contribution in [-0.2, 0) is 14.3 Å². The Morgan fingerprint density at radius 2 is 1.98 bits per heavy atom. The topological polar surface area (TPSA) is 113 Å². The molecule has 2 aliphatic heterocycles.